The van der Waals surface area contributed by atoms with Crippen molar-refractivity contribution >= 4 is 50.7 Å². The first-order valence-electron chi connectivity index (χ1n) is 12.9. The molecule has 2 amide bonds. The number of likely N-dealkylation sites (N-methyl/N-ethyl adjacent to an activating group) is 1. The molecular formula is C29H33Cl2N3O6S. The summed E-state index contributed by atoms with van der Waals surface area (Å²) in [5.74, 6) is -0.397. The number of carbonyl (C=O) groups is 2. The van der Waals surface area contributed by atoms with Gasteiger partial charge in [0.1, 0.15) is 24.1 Å². The number of sulfonamides is 1. The Kier molecular flexibility index (Phi) is 11.3. The molecule has 0 fully saturated rings. The predicted octanol–water partition coefficient (Wildman–Crippen LogP) is 5.15. The van der Waals surface area contributed by atoms with E-state index in [9.17, 15) is 18.0 Å². The monoisotopic (exact) mass is 621 g/mol. The van der Waals surface area contributed by atoms with Gasteiger partial charge in [-0.05, 0) is 55.3 Å². The Morgan fingerprint density at radius 3 is 2.22 bits per heavy atom. The molecule has 0 radical (unpaired) electrons. The summed E-state index contributed by atoms with van der Waals surface area (Å²) in [7, 11) is -1.43. The molecule has 9 nitrogen and oxygen atoms in total. The van der Waals surface area contributed by atoms with E-state index in [0.717, 1.165) is 4.31 Å². The Hall–Kier alpha value is -3.47. The predicted molar refractivity (Wildman–Crippen MR) is 160 cm³/mol. The van der Waals surface area contributed by atoms with Gasteiger partial charge in [0.15, 0.2) is 0 Å². The fraction of sp³-hybridized carbons (Fsp3) is 0.310. The fourth-order valence-corrected chi connectivity index (χ4v) is 6.03. The van der Waals surface area contributed by atoms with Gasteiger partial charge in [-0.2, -0.15) is 0 Å². The Bertz CT molecular complexity index is 1470. The minimum Gasteiger partial charge on any atom is -0.497 e. The van der Waals surface area contributed by atoms with Gasteiger partial charge in [0.2, 0.25) is 11.8 Å². The Labute approximate surface area is 251 Å². The Morgan fingerprint density at radius 1 is 0.927 bits per heavy atom. The topological polar surface area (TPSA) is 105 Å². The van der Waals surface area contributed by atoms with Crippen LogP contribution in [0.5, 0.6) is 11.5 Å². The number of halogens is 2. The molecule has 41 heavy (non-hydrogen) atoms. The lowest BCUT2D eigenvalue weighted by Gasteiger charge is -2.33. The summed E-state index contributed by atoms with van der Waals surface area (Å²) in [5.41, 5.74) is 0.719. The highest BCUT2D eigenvalue weighted by Crippen LogP contribution is 2.36. The maximum absolute atomic E-state index is 14.1. The van der Waals surface area contributed by atoms with Crippen LogP contribution < -0.4 is 19.1 Å². The van der Waals surface area contributed by atoms with Crippen molar-refractivity contribution in [2.75, 3.05) is 31.6 Å². The normalized spacial score (nSPS) is 11.9. The lowest BCUT2D eigenvalue weighted by atomic mass is 10.1. The van der Waals surface area contributed by atoms with Crippen molar-refractivity contribution < 1.29 is 27.5 Å². The lowest BCUT2D eigenvalue weighted by molar-refractivity contribution is -0.140. The summed E-state index contributed by atoms with van der Waals surface area (Å²) in [6.45, 7) is 3.27. The smallest absolute Gasteiger partial charge is 0.264 e. The van der Waals surface area contributed by atoms with Crippen LogP contribution in [-0.4, -0.2) is 58.5 Å². The number of carbonyl (C=O) groups excluding carboxylic acids is 2. The van der Waals surface area contributed by atoms with Crippen LogP contribution in [0, 0.1) is 0 Å². The number of rotatable bonds is 13. The van der Waals surface area contributed by atoms with Gasteiger partial charge < -0.3 is 19.7 Å². The summed E-state index contributed by atoms with van der Waals surface area (Å²) >= 11 is 12.3. The average Bonchev–Trinajstić information content (AvgIpc) is 2.97. The van der Waals surface area contributed by atoms with E-state index in [1.807, 2.05) is 0 Å². The Balaban J connectivity index is 2.15. The van der Waals surface area contributed by atoms with Crippen molar-refractivity contribution in [1.82, 2.24) is 10.2 Å². The Morgan fingerprint density at radius 2 is 1.63 bits per heavy atom. The van der Waals surface area contributed by atoms with Crippen LogP contribution in [0.15, 0.2) is 71.6 Å². The summed E-state index contributed by atoms with van der Waals surface area (Å²) in [4.78, 5) is 28.5. The number of amides is 2. The molecule has 3 aromatic carbocycles. The molecule has 1 N–H and O–H groups in total. The zero-order chi connectivity index (χ0) is 30.2. The van der Waals surface area contributed by atoms with Gasteiger partial charge in [0, 0.05) is 19.2 Å². The molecule has 220 valence electrons. The fourth-order valence-electron chi connectivity index (χ4n) is 4.27. The largest absolute Gasteiger partial charge is 0.497 e. The quantitative estimate of drug-likeness (QED) is 0.283. The summed E-state index contributed by atoms with van der Waals surface area (Å²) in [6, 6.07) is 16.4. The van der Waals surface area contributed by atoms with E-state index >= 15 is 0 Å². The molecule has 1 atom stereocenters. The van der Waals surface area contributed by atoms with Crippen molar-refractivity contribution in [3.8, 4) is 11.5 Å². The molecular weight excluding hydrogens is 589 g/mol. The summed E-state index contributed by atoms with van der Waals surface area (Å²) in [5, 5.41) is 3.40. The molecule has 0 aliphatic rings. The summed E-state index contributed by atoms with van der Waals surface area (Å²) < 4.78 is 39.8. The number of anilines is 1. The van der Waals surface area contributed by atoms with E-state index in [0.29, 0.717) is 22.9 Å². The van der Waals surface area contributed by atoms with Crippen LogP contribution in [-0.2, 0) is 26.2 Å². The van der Waals surface area contributed by atoms with Crippen LogP contribution >= 0.6 is 23.2 Å². The van der Waals surface area contributed by atoms with E-state index < -0.39 is 28.5 Å². The molecule has 3 aromatic rings. The first-order valence-corrected chi connectivity index (χ1v) is 15.1. The highest BCUT2D eigenvalue weighted by atomic mass is 35.5. The molecule has 0 spiro atoms. The molecule has 0 saturated heterocycles. The van der Waals surface area contributed by atoms with Crippen molar-refractivity contribution in [2.24, 2.45) is 0 Å². The molecule has 0 unspecified atom stereocenters. The number of ether oxygens (including phenoxy) is 2. The van der Waals surface area contributed by atoms with Gasteiger partial charge in [-0.3, -0.25) is 13.9 Å². The number of benzene rings is 3. The van der Waals surface area contributed by atoms with Gasteiger partial charge in [-0.25, -0.2) is 8.42 Å². The minimum atomic E-state index is -4.28. The van der Waals surface area contributed by atoms with Crippen molar-refractivity contribution in [3.05, 3.63) is 82.3 Å². The van der Waals surface area contributed by atoms with Gasteiger partial charge in [0.25, 0.3) is 10.0 Å². The summed E-state index contributed by atoms with van der Waals surface area (Å²) in [6.07, 6.45) is 0.285. The zero-order valence-corrected chi connectivity index (χ0v) is 25.6. The average molecular weight is 623 g/mol. The maximum atomic E-state index is 14.1. The molecule has 12 heteroatoms. The highest BCUT2D eigenvalue weighted by Gasteiger charge is 2.35. The van der Waals surface area contributed by atoms with Crippen molar-refractivity contribution in [2.45, 2.75) is 37.8 Å². The highest BCUT2D eigenvalue weighted by molar-refractivity contribution is 7.92. The van der Waals surface area contributed by atoms with Crippen LogP contribution in [0.4, 0.5) is 5.69 Å². The third kappa shape index (κ3) is 7.63. The van der Waals surface area contributed by atoms with E-state index in [2.05, 4.69) is 5.32 Å². The van der Waals surface area contributed by atoms with Crippen LogP contribution in [0.25, 0.3) is 0 Å². The van der Waals surface area contributed by atoms with Crippen molar-refractivity contribution in [3.63, 3.8) is 0 Å². The molecule has 0 aliphatic heterocycles. The van der Waals surface area contributed by atoms with Crippen molar-refractivity contribution in [1.29, 1.82) is 0 Å². The number of nitrogens with zero attached hydrogens (tertiary/aromatic N) is 2. The van der Waals surface area contributed by atoms with Gasteiger partial charge in [0.05, 0.1) is 34.8 Å². The second-order valence-electron chi connectivity index (χ2n) is 8.95. The van der Waals surface area contributed by atoms with Crippen LogP contribution in [0.2, 0.25) is 10.0 Å². The third-order valence-corrected chi connectivity index (χ3v) is 8.85. The third-order valence-electron chi connectivity index (χ3n) is 6.34. The molecule has 3 rings (SSSR count). The van der Waals surface area contributed by atoms with Gasteiger partial charge >= 0.3 is 0 Å². The molecule has 0 saturated carbocycles. The molecule has 0 aromatic heterocycles. The SMILES string of the molecule is CCNC(=O)[C@@H](CC)N(Cc1ccc(Cl)c(Cl)c1)C(=O)CN(c1cc(OC)ccc1OC)S(=O)(=O)c1ccccc1. The zero-order valence-electron chi connectivity index (χ0n) is 23.3. The van der Waals surface area contributed by atoms with E-state index in [4.69, 9.17) is 32.7 Å². The first-order chi connectivity index (χ1) is 19.6. The second-order valence-corrected chi connectivity index (χ2v) is 11.6. The van der Waals surface area contributed by atoms with E-state index in [1.54, 1.807) is 62.4 Å². The van der Waals surface area contributed by atoms with Gasteiger partial charge in [-0.1, -0.05) is 54.4 Å². The van der Waals surface area contributed by atoms with E-state index in [1.165, 1.54) is 37.3 Å². The maximum Gasteiger partial charge on any atom is 0.264 e. The molecule has 0 heterocycles. The molecule has 0 bridgehead atoms. The second kappa shape index (κ2) is 14.4. The van der Waals surface area contributed by atoms with Crippen LogP contribution in [0.3, 0.4) is 0 Å². The standard InChI is InChI=1S/C29H33Cl2N3O6S/c1-5-25(29(36)32-6-2)33(18-20-12-14-23(30)24(31)16-20)28(35)19-34(41(37,38)22-10-8-7-9-11-22)26-17-21(39-3)13-15-27(26)40-4/h7-17,25H,5-6,18-19H2,1-4H3,(H,32,36)/t25-/m1/s1. The first kappa shape index (κ1) is 32.0. The van der Waals surface area contributed by atoms with Gasteiger partial charge in [-0.15, -0.1) is 0 Å². The number of hydrogen-bond acceptors (Lipinski definition) is 6. The lowest BCUT2D eigenvalue weighted by Crippen LogP contribution is -2.52. The minimum absolute atomic E-state index is 0.0141. The number of methoxy groups -OCH3 is 2. The number of nitrogens with one attached hydrogen (secondary N) is 1. The molecule has 0 aliphatic carbocycles. The van der Waals surface area contributed by atoms with E-state index in [-0.39, 0.29) is 40.2 Å². The number of hydrogen-bond donors (Lipinski definition) is 1. The van der Waals surface area contributed by atoms with Crippen LogP contribution in [0.1, 0.15) is 25.8 Å².